The standard InChI is InChI=1S/C8H7P/c1-3-7-5-2-6-8(4-1)9-7/h1-5H,6H2/p+1. The molecule has 1 heteroatoms. The predicted molar refractivity (Wildman–Crippen MR) is 43.1 cm³/mol. The fraction of sp³-hybridized carbons (Fsp3) is 0.125. The maximum Gasteiger partial charge on any atom is 0.146 e. The molecule has 1 aliphatic heterocycles. The highest BCUT2D eigenvalue weighted by atomic mass is 31.0. The molecular formula is C8H8P+. The Balaban J connectivity index is 2.64. The first kappa shape index (κ1) is 5.20. The summed E-state index contributed by atoms with van der Waals surface area (Å²) in [5.41, 5.74) is 0. The molecule has 2 bridgehead atoms. The Labute approximate surface area is 56.3 Å². The molecule has 9 heavy (non-hydrogen) atoms. The average Bonchev–Trinajstić information content (AvgIpc) is 1.88. The Kier molecular flexibility index (Phi) is 1.13. The van der Waals surface area contributed by atoms with E-state index >= 15 is 0 Å². The summed E-state index contributed by atoms with van der Waals surface area (Å²) >= 11 is 0. The molecule has 0 saturated heterocycles. The zero-order chi connectivity index (χ0) is 6.10. The molecule has 0 N–H and O–H groups in total. The molecule has 44 valence electrons. The second kappa shape index (κ2) is 1.97. The Bertz CT molecular complexity index is 250. The van der Waals surface area contributed by atoms with E-state index in [1.807, 2.05) is 0 Å². The fourth-order valence-corrected chi connectivity index (χ4v) is 2.22. The first-order valence-corrected chi connectivity index (χ1v) is 4.13. The minimum atomic E-state index is 0.958. The third kappa shape index (κ3) is 0.906. The van der Waals surface area contributed by atoms with Crippen LogP contribution in [0.2, 0.25) is 0 Å². The van der Waals surface area contributed by atoms with Crippen LogP contribution in [0.3, 0.4) is 0 Å². The van der Waals surface area contributed by atoms with Gasteiger partial charge in [0, 0.05) is 6.42 Å². The highest BCUT2D eigenvalue weighted by molar-refractivity contribution is 7.32. The number of allylic oxidation sites excluding steroid dienone is 1. The van der Waals surface area contributed by atoms with Gasteiger partial charge in [-0.2, -0.15) is 0 Å². The summed E-state index contributed by atoms with van der Waals surface area (Å²) in [5.74, 6) is 0. The predicted octanol–water partition coefficient (Wildman–Crippen LogP) is 2.57. The van der Waals surface area contributed by atoms with Crippen molar-refractivity contribution >= 4 is 14.3 Å². The lowest BCUT2D eigenvalue weighted by Crippen LogP contribution is -1.80. The van der Waals surface area contributed by atoms with Gasteiger partial charge in [0.2, 0.25) is 0 Å². The zero-order valence-corrected chi connectivity index (χ0v) is 6.09. The highest BCUT2D eigenvalue weighted by Crippen LogP contribution is 2.25. The normalized spacial score (nSPS) is 14.7. The lowest BCUT2D eigenvalue weighted by atomic mass is 10.2. The SMILES string of the molecule is C1=Cc2cccc([pH+]2)C1. The van der Waals surface area contributed by atoms with E-state index in [1.165, 1.54) is 11.7 Å². The molecule has 0 spiro atoms. The summed E-state index contributed by atoms with van der Waals surface area (Å²) in [6.07, 6.45) is 5.64. The molecule has 0 fully saturated rings. The van der Waals surface area contributed by atoms with Crippen molar-refractivity contribution in [3.63, 3.8) is 0 Å². The van der Waals surface area contributed by atoms with Crippen LogP contribution in [0.4, 0.5) is 0 Å². The molecule has 1 aromatic rings. The number of hydrogen-bond acceptors (Lipinski definition) is 0. The molecule has 0 aliphatic carbocycles. The van der Waals surface area contributed by atoms with E-state index in [0.29, 0.717) is 0 Å². The van der Waals surface area contributed by atoms with Gasteiger partial charge in [0.15, 0.2) is 0 Å². The van der Waals surface area contributed by atoms with Crippen LogP contribution in [0, 0.1) is 0 Å². The number of hydrogen-bond donors (Lipinski definition) is 0. The molecular weight excluding hydrogens is 127 g/mol. The van der Waals surface area contributed by atoms with Gasteiger partial charge in [-0.3, -0.25) is 0 Å². The highest BCUT2D eigenvalue weighted by Gasteiger charge is 2.05. The maximum atomic E-state index is 2.24. The van der Waals surface area contributed by atoms with Crippen LogP contribution in [-0.4, -0.2) is 0 Å². The van der Waals surface area contributed by atoms with Crippen LogP contribution in [0.25, 0.3) is 6.08 Å². The van der Waals surface area contributed by atoms with E-state index in [2.05, 4.69) is 30.4 Å². The monoisotopic (exact) mass is 135 g/mol. The molecule has 0 amide bonds. The summed E-state index contributed by atoms with van der Waals surface area (Å²) in [4.78, 5) is 0. The Morgan fingerprint density at radius 1 is 1.33 bits per heavy atom. The number of rotatable bonds is 0. The van der Waals surface area contributed by atoms with E-state index in [1.54, 1.807) is 5.30 Å². The van der Waals surface area contributed by atoms with Gasteiger partial charge < -0.3 is 0 Å². The lowest BCUT2D eigenvalue weighted by Gasteiger charge is -1.93. The van der Waals surface area contributed by atoms with Gasteiger partial charge in [-0.25, -0.2) is 0 Å². The second-order valence-electron chi connectivity index (χ2n) is 2.24. The Morgan fingerprint density at radius 3 is 3.11 bits per heavy atom. The topological polar surface area (TPSA) is 0 Å². The van der Waals surface area contributed by atoms with E-state index in [4.69, 9.17) is 0 Å². The first-order valence-electron chi connectivity index (χ1n) is 3.13. The molecule has 0 aromatic carbocycles. The lowest BCUT2D eigenvalue weighted by molar-refractivity contribution is 1.34. The third-order valence-corrected chi connectivity index (χ3v) is 2.83. The van der Waals surface area contributed by atoms with E-state index in [-0.39, 0.29) is 0 Å². The second-order valence-corrected chi connectivity index (χ2v) is 3.71. The molecule has 1 atom stereocenters. The Hall–Kier alpha value is -0.610. The van der Waals surface area contributed by atoms with E-state index in [9.17, 15) is 0 Å². The molecule has 0 saturated carbocycles. The molecule has 0 nitrogen and oxygen atoms in total. The van der Waals surface area contributed by atoms with Gasteiger partial charge in [0.1, 0.15) is 18.8 Å². The molecule has 1 aliphatic rings. The van der Waals surface area contributed by atoms with Crippen LogP contribution in [0.15, 0.2) is 24.3 Å². The summed E-state index contributed by atoms with van der Waals surface area (Å²) in [7, 11) is 0.958. The maximum absolute atomic E-state index is 2.24. The average molecular weight is 135 g/mol. The van der Waals surface area contributed by atoms with Gasteiger partial charge >= 0.3 is 0 Å². The smallest absolute Gasteiger partial charge is 0.0719 e. The molecule has 2 heterocycles. The minimum Gasteiger partial charge on any atom is -0.0719 e. The molecule has 2 rings (SSSR count). The van der Waals surface area contributed by atoms with Crippen molar-refractivity contribution in [1.29, 1.82) is 0 Å². The first-order chi connectivity index (χ1) is 4.45. The van der Waals surface area contributed by atoms with Crippen molar-refractivity contribution in [2.45, 2.75) is 6.42 Å². The Morgan fingerprint density at radius 2 is 2.33 bits per heavy atom. The van der Waals surface area contributed by atoms with Crippen molar-refractivity contribution in [1.82, 2.24) is 0 Å². The van der Waals surface area contributed by atoms with Crippen molar-refractivity contribution in [3.8, 4) is 0 Å². The summed E-state index contributed by atoms with van der Waals surface area (Å²) in [5, 5.41) is 3.06. The van der Waals surface area contributed by atoms with Crippen molar-refractivity contribution in [2.75, 3.05) is 0 Å². The van der Waals surface area contributed by atoms with Crippen LogP contribution >= 0.6 is 8.19 Å². The van der Waals surface area contributed by atoms with Crippen molar-refractivity contribution in [2.24, 2.45) is 0 Å². The minimum absolute atomic E-state index is 0.958. The van der Waals surface area contributed by atoms with E-state index in [0.717, 1.165) is 8.19 Å². The van der Waals surface area contributed by atoms with Crippen LogP contribution in [0.5, 0.6) is 0 Å². The van der Waals surface area contributed by atoms with Gasteiger partial charge in [-0.1, -0.05) is 12.1 Å². The largest absolute Gasteiger partial charge is 0.146 e. The van der Waals surface area contributed by atoms with Crippen molar-refractivity contribution in [3.05, 3.63) is 34.9 Å². The third-order valence-electron chi connectivity index (χ3n) is 1.51. The van der Waals surface area contributed by atoms with Crippen LogP contribution in [0.1, 0.15) is 10.6 Å². The van der Waals surface area contributed by atoms with Gasteiger partial charge in [0.05, 0.1) is 0 Å². The van der Waals surface area contributed by atoms with Crippen molar-refractivity contribution < 1.29 is 0 Å². The zero-order valence-electron chi connectivity index (χ0n) is 5.09. The van der Waals surface area contributed by atoms with Crippen LogP contribution < -0.4 is 0 Å². The molecule has 0 radical (unpaired) electrons. The summed E-state index contributed by atoms with van der Waals surface area (Å²) in [6.45, 7) is 0. The fourth-order valence-electron chi connectivity index (χ4n) is 1.07. The summed E-state index contributed by atoms with van der Waals surface area (Å²) in [6, 6.07) is 6.56. The number of fused-ring (bicyclic) bond motifs is 2. The molecule has 1 aromatic heterocycles. The van der Waals surface area contributed by atoms with E-state index < -0.39 is 0 Å². The van der Waals surface area contributed by atoms with Crippen LogP contribution in [-0.2, 0) is 6.42 Å². The summed E-state index contributed by atoms with van der Waals surface area (Å²) < 4.78 is 0. The van der Waals surface area contributed by atoms with Gasteiger partial charge in [0.25, 0.3) is 0 Å². The molecule has 1 unspecified atom stereocenters. The quantitative estimate of drug-likeness (QED) is 0.512. The van der Waals surface area contributed by atoms with Gasteiger partial charge in [-0.05, 0) is 18.2 Å². The van der Waals surface area contributed by atoms with Gasteiger partial charge in [-0.15, -0.1) is 0 Å².